The minimum absolute atomic E-state index is 2.17. The van der Waals surface area contributed by atoms with E-state index < -0.39 is 19.9 Å². The maximum absolute atomic E-state index is 10.4. The predicted molar refractivity (Wildman–Crippen MR) is 24.5 cm³/mol. The van der Waals surface area contributed by atoms with Gasteiger partial charge in [-0.05, 0) is 0 Å². The lowest BCUT2D eigenvalue weighted by Gasteiger charge is -2.00. The molecule has 0 fully saturated rings. The van der Waals surface area contributed by atoms with E-state index in [9.17, 15) is 22.0 Å². The highest BCUT2D eigenvalue weighted by molar-refractivity contribution is 6.30. The van der Waals surface area contributed by atoms with Gasteiger partial charge in [0.1, 0.15) is 0 Å². The molecular formula is C2H4BF5O3. The van der Waals surface area contributed by atoms with Crippen molar-refractivity contribution in [3.63, 3.8) is 0 Å². The molecule has 0 atom stereocenters. The summed E-state index contributed by atoms with van der Waals surface area (Å²) in [4.78, 5) is 0. The van der Waals surface area contributed by atoms with Gasteiger partial charge < -0.3 is 15.1 Å². The van der Waals surface area contributed by atoms with E-state index in [1.807, 2.05) is 0 Å². The Balaban J connectivity index is 0. The van der Waals surface area contributed by atoms with Crippen molar-refractivity contribution >= 4 is 7.32 Å². The molecule has 0 aromatic heterocycles. The minimum atomic E-state index is -5.33. The molecule has 11 heavy (non-hydrogen) atoms. The van der Waals surface area contributed by atoms with Crippen molar-refractivity contribution in [2.75, 3.05) is 0 Å². The molecule has 0 aliphatic carbocycles. The van der Waals surface area contributed by atoms with Crippen molar-refractivity contribution in [3.8, 4) is 0 Å². The quantitative estimate of drug-likeness (QED) is 0.357. The van der Waals surface area contributed by atoms with Crippen LogP contribution < -0.4 is 0 Å². The normalized spacial score (nSPS) is 10.6. The van der Waals surface area contributed by atoms with E-state index in [2.05, 4.69) is 0 Å². The maximum Gasteiger partial charge on any atom is 0.631 e. The summed E-state index contributed by atoms with van der Waals surface area (Å²) in [5.74, 6) is 0. The second-order valence-corrected chi connectivity index (χ2v) is 1.19. The van der Waals surface area contributed by atoms with Crippen molar-refractivity contribution in [2.24, 2.45) is 0 Å². The van der Waals surface area contributed by atoms with Crippen molar-refractivity contribution in [1.82, 2.24) is 0 Å². The topological polar surface area (TPSA) is 60.7 Å². The van der Waals surface area contributed by atoms with Crippen molar-refractivity contribution in [2.45, 2.75) is 12.6 Å². The molecule has 0 radical (unpaired) electrons. The van der Waals surface area contributed by atoms with E-state index in [1.165, 1.54) is 0 Å². The molecule has 9 heteroatoms. The summed E-state index contributed by atoms with van der Waals surface area (Å²) in [5, 5.41) is 21.5. The smallest absolute Gasteiger partial charge is 0.402 e. The summed E-state index contributed by atoms with van der Waals surface area (Å²) in [7, 11) is -2.17. The second kappa shape index (κ2) is 5.27. The van der Waals surface area contributed by atoms with Crippen LogP contribution in [0.5, 0.6) is 0 Å². The van der Waals surface area contributed by atoms with E-state index in [4.69, 9.17) is 15.1 Å². The summed E-state index contributed by atoms with van der Waals surface area (Å²) in [5.41, 5.74) is 0. The van der Waals surface area contributed by atoms with Crippen LogP contribution in [0.2, 0.25) is 0 Å². The average molecular weight is 182 g/mol. The SMILES string of the molecule is FC(F)C(F)(F)F.OB(O)O. The monoisotopic (exact) mass is 182 g/mol. The van der Waals surface area contributed by atoms with Gasteiger partial charge in [-0.25, -0.2) is 8.78 Å². The highest BCUT2D eigenvalue weighted by Gasteiger charge is 2.40. The second-order valence-electron chi connectivity index (χ2n) is 1.19. The van der Waals surface area contributed by atoms with Crippen molar-refractivity contribution in [1.29, 1.82) is 0 Å². The Labute approximate surface area is 58.2 Å². The fourth-order valence-corrected chi connectivity index (χ4v) is 0. The van der Waals surface area contributed by atoms with Crippen LogP contribution in [0.15, 0.2) is 0 Å². The van der Waals surface area contributed by atoms with E-state index in [0.29, 0.717) is 0 Å². The van der Waals surface area contributed by atoms with Gasteiger partial charge in [-0.1, -0.05) is 0 Å². The van der Waals surface area contributed by atoms with Gasteiger partial charge in [0.15, 0.2) is 0 Å². The highest BCUT2D eigenvalue weighted by atomic mass is 19.4. The summed E-state index contributed by atoms with van der Waals surface area (Å²) < 4.78 is 52.1. The zero-order chi connectivity index (χ0) is 9.65. The number of alkyl halides is 5. The average Bonchev–Trinajstić information content (AvgIpc) is 1.59. The molecule has 0 heterocycles. The lowest BCUT2D eigenvalue weighted by atomic mass is 10.3. The van der Waals surface area contributed by atoms with Gasteiger partial charge >= 0.3 is 19.9 Å². The Morgan fingerprint density at radius 3 is 1.09 bits per heavy atom. The predicted octanol–water partition coefficient (Wildman–Crippen LogP) is -0.238. The van der Waals surface area contributed by atoms with E-state index >= 15 is 0 Å². The minimum Gasteiger partial charge on any atom is -0.402 e. The zero-order valence-electron chi connectivity index (χ0n) is 4.89. The highest BCUT2D eigenvalue weighted by Crippen LogP contribution is 2.22. The third kappa shape index (κ3) is 17.7. The summed E-state index contributed by atoms with van der Waals surface area (Å²) >= 11 is 0. The molecule has 0 amide bonds. The third-order valence-corrected chi connectivity index (χ3v) is 0.247. The number of hydrogen-bond acceptors (Lipinski definition) is 3. The molecule has 0 aliphatic rings. The Hall–Kier alpha value is -0.405. The Bertz CT molecular complexity index is 89.5. The van der Waals surface area contributed by atoms with Crippen LogP contribution in [0.3, 0.4) is 0 Å². The van der Waals surface area contributed by atoms with Crippen LogP contribution in [0.1, 0.15) is 0 Å². The van der Waals surface area contributed by atoms with Gasteiger partial charge in [-0.15, -0.1) is 0 Å². The molecule has 0 rings (SSSR count). The van der Waals surface area contributed by atoms with E-state index in [-0.39, 0.29) is 0 Å². The molecule has 0 unspecified atom stereocenters. The molecule has 0 aromatic carbocycles. The van der Waals surface area contributed by atoms with Crippen LogP contribution in [0.25, 0.3) is 0 Å². The first-order valence-electron chi connectivity index (χ1n) is 2.07. The first-order chi connectivity index (χ1) is 4.68. The first-order valence-corrected chi connectivity index (χ1v) is 2.07. The molecular weight excluding hydrogens is 178 g/mol. The first kappa shape index (κ1) is 13.2. The molecule has 0 saturated carbocycles. The molecule has 3 nitrogen and oxygen atoms in total. The summed E-state index contributed by atoms with van der Waals surface area (Å²) in [6.07, 6.45) is -9.53. The molecule has 0 spiro atoms. The molecule has 68 valence electrons. The van der Waals surface area contributed by atoms with E-state index in [1.54, 1.807) is 0 Å². The lowest BCUT2D eigenvalue weighted by Crippen LogP contribution is -2.18. The third-order valence-electron chi connectivity index (χ3n) is 0.247. The Morgan fingerprint density at radius 1 is 1.00 bits per heavy atom. The summed E-state index contributed by atoms with van der Waals surface area (Å²) in [6, 6.07) is 0. The lowest BCUT2D eigenvalue weighted by molar-refractivity contribution is -0.219. The van der Waals surface area contributed by atoms with Gasteiger partial charge in [-0.3, -0.25) is 0 Å². The maximum atomic E-state index is 10.4. The van der Waals surface area contributed by atoms with Gasteiger partial charge in [0.05, 0.1) is 0 Å². The standard InChI is InChI=1S/C2HF5.BH3O3/c3-1(4)2(5,6)7;2-1(3)4/h1H;2-4H. The molecule has 0 saturated heterocycles. The molecule has 0 aromatic rings. The van der Waals surface area contributed by atoms with Gasteiger partial charge in [0, 0.05) is 0 Å². The fourth-order valence-electron chi connectivity index (χ4n) is 0. The Kier molecular flexibility index (Phi) is 6.33. The fraction of sp³-hybridized carbons (Fsp3) is 1.00. The van der Waals surface area contributed by atoms with Crippen LogP contribution in [-0.2, 0) is 0 Å². The number of halogens is 5. The van der Waals surface area contributed by atoms with Gasteiger partial charge in [0.2, 0.25) is 0 Å². The molecule has 3 N–H and O–H groups in total. The van der Waals surface area contributed by atoms with Crippen molar-refractivity contribution < 1.29 is 37.0 Å². The summed E-state index contributed by atoms with van der Waals surface area (Å²) in [6.45, 7) is 0. The van der Waals surface area contributed by atoms with Crippen LogP contribution in [0.4, 0.5) is 22.0 Å². The Morgan fingerprint density at radius 2 is 1.09 bits per heavy atom. The molecule has 0 bridgehead atoms. The van der Waals surface area contributed by atoms with Crippen LogP contribution in [-0.4, -0.2) is 35.0 Å². The van der Waals surface area contributed by atoms with Gasteiger partial charge in [-0.2, -0.15) is 13.2 Å². The van der Waals surface area contributed by atoms with Crippen LogP contribution >= 0.6 is 0 Å². The largest absolute Gasteiger partial charge is 0.631 e. The number of hydrogen-bond donors (Lipinski definition) is 3. The van der Waals surface area contributed by atoms with Gasteiger partial charge in [0.25, 0.3) is 0 Å². The van der Waals surface area contributed by atoms with Crippen LogP contribution in [0, 0.1) is 0 Å². The number of rotatable bonds is 0. The zero-order valence-corrected chi connectivity index (χ0v) is 4.89. The molecule has 0 aliphatic heterocycles. The van der Waals surface area contributed by atoms with E-state index in [0.717, 1.165) is 0 Å². The van der Waals surface area contributed by atoms with Crippen molar-refractivity contribution in [3.05, 3.63) is 0 Å².